The lowest BCUT2D eigenvalue weighted by Gasteiger charge is -2.09. The van der Waals surface area contributed by atoms with Crippen LogP contribution in [0.25, 0.3) is 0 Å². The molecule has 1 aromatic carbocycles. The SMILES string of the molecule is O=C(Cn1cccn1)Nc1cccc(C(F)(F)F)c1. The van der Waals surface area contributed by atoms with Crippen molar-refractivity contribution in [1.82, 2.24) is 9.78 Å². The van der Waals surface area contributed by atoms with Gasteiger partial charge in [-0.15, -0.1) is 0 Å². The summed E-state index contributed by atoms with van der Waals surface area (Å²) in [6.45, 7) is -0.0523. The zero-order valence-electron chi connectivity index (χ0n) is 9.69. The Morgan fingerprint density at radius 3 is 2.74 bits per heavy atom. The number of nitrogens with one attached hydrogen (secondary N) is 1. The molecule has 100 valence electrons. The second kappa shape index (κ2) is 5.13. The number of hydrogen-bond acceptors (Lipinski definition) is 2. The first-order valence-electron chi connectivity index (χ1n) is 5.40. The van der Waals surface area contributed by atoms with Gasteiger partial charge >= 0.3 is 6.18 Å². The van der Waals surface area contributed by atoms with Crippen molar-refractivity contribution in [3.63, 3.8) is 0 Å². The molecule has 4 nitrogen and oxygen atoms in total. The topological polar surface area (TPSA) is 46.9 Å². The highest BCUT2D eigenvalue weighted by atomic mass is 19.4. The number of rotatable bonds is 3. The number of carbonyl (C=O) groups is 1. The largest absolute Gasteiger partial charge is 0.416 e. The minimum Gasteiger partial charge on any atom is -0.324 e. The molecule has 1 aromatic heterocycles. The Kier molecular flexibility index (Phi) is 3.55. The number of hydrogen-bond donors (Lipinski definition) is 1. The van der Waals surface area contributed by atoms with Crippen LogP contribution >= 0.6 is 0 Å². The number of amides is 1. The van der Waals surface area contributed by atoms with E-state index in [1.165, 1.54) is 23.0 Å². The Morgan fingerprint density at radius 1 is 1.32 bits per heavy atom. The molecule has 1 amide bonds. The molecule has 1 N–H and O–H groups in total. The quantitative estimate of drug-likeness (QED) is 0.930. The van der Waals surface area contributed by atoms with Gasteiger partial charge in [0.25, 0.3) is 0 Å². The fourth-order valence-corrected chi connectivity index (χ4v) is 1.51. The van der Waals surface area contributed by atoms with E-state index in [2.05, 4.69) is 10.4 Å². The predicted octanol–water partition coefficient (Wildman–Crippen LogP) is 2.54. The van der Waals surface area contributed by atoms with Crippen molar-refractivity contribution < 1.29 is 18.0 Å². The molecule has 7 heteroatoms. The van der Waals surface area contributed by atoms with E-state index in [-0.39, 0.29) is 12.2 Å². The third-order valence-corrected chi connectivity index (χ3v) is 2.34. The first-order valence-corrected chi connectivity index (χ1v) is 5.40. The van der Waals surface area contributed by atoms with E-state index in [1.807, 2.05) is 0 Å². The van der Waals surface area contributed by atoms with E-state index in [0.29, 0.717) is 0 Å². The zero-order chi connectivity index (χ0) is 13.9. The summed E-state index contributed by atoms with van der Waals surface area (Å²) in [4.78, 5) is 11.6. The lowest BCUT2D eigenvalue weighted by atomic mass is 10.2. The molecule has 0 spiro atoms. The van der Waals surface area contributed by atoms with Gasteiger partial charge in [-0.2, -0.15) is 18.3 Å². The van der Waals surface area contributed by atoms with Crippen LogP contribution in [0, 0.1) is 0 Å². The maximum absolute atomic E-state index is 12.5. The Balaban J connectivity index is 2.05. The number of carbonyl (C=O) groups excluding carboxylic acids is 1. The number of anilines is 1. The molecule has 0 atom stereocenters. The highest BCUT2D eigenvalue weighted by Gasteiger charge is 2.30. The summed E-state index contributed by atoms with van der Waals surface area (Å²) in [5.74, 6) is -0.442. The molecule has 1 heterocycles. The summed E-state index contributed by atoms with van der Waals surface area (Å²) < 4.78 is 38.8. The standard InChI is InChI=1S/C12H10F3N3O/c13-12(14,15)9-3-1-4-10(7-9)17-11(19)8-18-6-2-5-16-18/h1-7H,8H2,(H,17,19). The average Bonchev–Trinajstić information content (AvgIpc) is 2.80. The molecule has 2 aromatic rings. The van der Waals surface area contributed by atoms with Gasteiger partial charge in [-0.1, -0.05) is 6.07 Å². The first kappa shape index (κ1) is 13.1. The van der Waals surface area contributed by atoms with Gasteiger partial charge in [-0.3, -0.25) is 9.48 Å². The number of alkyl halides is 3. The minimum atomic E-state index is -4.43. The van der Waals surface area contributed by atoms with E-state index in [9.17, 15) is 18.0 Å². The molecule has 0 unspecified atom stereocenters. The lowest BCUT2D eigenvalue weighted by Crippen LogP contribution is -2.19. The number of nitrogens with zero attached hydrogens (tertiary/aromatic N) is 2. The summed E-state index contributed by atoms with van der Waals surface area (Å²) in [6.07, 6.45) is -1.33. The van der Waals surface area contributed by atoms with Crippen LogP contribution in [0.3, 0.4) is 0 Å². The van der Waals surface area contributed by atoms with Crippen LogP contribution in [-0.4, -0.2) is 15.7 Å². The van der Waals surface area contributed by atoms with Gasteiger partial charge in [0.15, 0.2) is 0 Å². The normalized spacial score (nSPS) is 11.3. The van der Waals surface area contributed by atoms with Gasteiger partial charge in [0.05, 0.1) is 5.56 Å². The van der Waals surface area contributed by atoms with Crippen molar-refractivity contribution >= 4 is 11.6 Å². The molecular formula is C12H10F3N3O. The number of halogens is 3. The van der Waals surface area contributed by atoms with Gasteiger partial charge < -0.3 is 5.32 Å². The van der Waals surface area contributed by atoms with E-state index >= 15 is 0 Å². The highest BCUT2D eigenvalue weighted by Crippen LogP contribution is 2.30. The van der Waals surface area contributed by atoms with Gasteiger partial charge in [0.2, 0.25) is 5.91 Å². The van der Waals surface area contributed by atoms with E-state index in [4.69, 9.17) is 0 Å². The van der Waals surface area contributed by atoms with Crippen molar-refractivity contribution in [2.75, 3.05) is 5.32 Å². The highest BCUT2D eigenvalue weighted by molar-refractivity contribution is 5.90. The van der Waals surface area contributed by atoms with E-state index < -0.39 is 17.6 Å². The molecule has 2 rings (SSSR count). The Morgan fingerprint density at radius 2 is 2.11 bits per heavy atom. The molecule has 0 aliphatic heterocycles. The Labute approximate surface area is 106 Å². The van der Waals surface area contributed by atoms with Gasteiger partial charge in [-0.25, -0.2) is 0 Å². The van der Waals surface area contributed by atoms with Crippen molar-refractivity contribution in [1.29, 1.82) is 0 Å². The smallest absolute Gasteiger partial charge is 0.324 e. The van der Waals surface area contributed by atoms with E-state index in [1.54, 1.807) is 12.3 Å². The minimum absolute atomic E-state index is 0.0523. The summed E-state index contributed by atoms with van der Waals surface area (Å²) >= 11 is 0. The molecule has 0 fully saturated rings. The monoisotopic (exact) mass is 269 g/mol. The van der Waals surface area contributed by atoms with Crippen molar-refractivity contribution in [2.45, 2.75) is 12.7 Å². The third-order valence-electron chi connectivity index (χ3n) is 2.34. The number of aromatic nitrogens is 2. The van der Waals surface area contributed by atoms with Crippen molar-refractivity contribution in [3.8, 4) is 0 Å². The van der Waals surface area contributed by atoms with Crippen LogP contribution < -0.4 is 5.32 Å². The fraction of sp³-hybridized carbons (Fsp3) is 0.167. The molecule has 0 aliphatic rings. The average molecular weight is 269 g/mol. The summed E-state index contributed by atoms with van der Waals surface area (Å²) in [6, 6.07) is 6.13. The van der Waals surface area contributed by atoms with Crippen LogP contribution in [0.2, 0.25) is 0 Å². The summed E-state index contributed by atoms with van der Waals surface area (Å²) in [7, 11) is 0. The molecule has 0 saturated carbocycles. The van der Waals surface area contributed by atoms with Crippen LogP contribution in [0.15, 0.2) is 42.7 Å². The van der Waals surface area contributed by atoms with Gasteiger partial charge in [0.1, 0.15) is 6.54 Å². The predicted molar refractivity (Wildman–Crippen MR) is 62.3 cm³/mol. The third kappa shape index (κ3) is 3.57. The lowest BCUT2D eigenvalue weighted by molar-refractivity contribution is -0.137. The van der Waals surface area contributed by atoms with Gasteiger partial charge in [0, 0.05) is 18.1 Å². The first-order chi connectivity index (χ1) is 8.95. The second-order valence-corrected chi connectivity index (χ2v) is 3.83. The summed E-state index contributed by atoms with van der Waals surface area (Å²) in [5, 5.41) is 6.22. The molecule has 0 radical (unpaired) electrons. The van der Waals surface area contributed by atoms with Crippen LogP contribution in [0.5, 0.6) is 0 Å². The molecule has 0 saturated heterocycles. The Hall–Kier alpha value is -2.31. The second-order valence-electron chi connectivity index (χ2n) is 3.83. The van der Waals surface area contributed by atoms with Crippen molar-refractivity contribution in [2.24, 2.45) is 0 Å². The number of benzene rings is 1. The molecule has 19 heavy (non-hydrogen) atoms. The Bertz CT molecular complexity index is 564. The van der Waals surface area contributed by atoms with Crippen LogP contribution in [-0.2, 0) is 17.5 Å². The molecular weight excluding hydrogens is 259 g/mol. The summed E-state index contributed by atoms with van der Waals surface area (Å²) in [5.41, 5.74) is -0.698. The van der Waals surface area contributed by atoms with Crippen LogP contribution in [0.1, 0.15) is 5.56 Å². The zero-order valence-corrected chi connectivity index (χ0v) is 9.69. The molecule has 0 bridgehead atoms. The fourth-order valence-electron chi connectivity index (χ4n) is 1.51. The van der Waals surface area contributed by atoms with Crippen molar-refractivity contribution in [3.05, 3.63) is 48.3 Å². The van der Waals surface area contributed by atoms with E-state index in [0.717, 1.165) is 12.1 Å². The molecule has 0 aliphatic carbocycles. The maximum Gasteiger partial charge on any atom is 0.416 e. The maximum atomic E-state index is 12.5. The van der Waals surface area contributed by atoms with Gasteiger partial charge in [-0.05, 0) is 24.3 Å². The van der Waals surface area contributed by atoms with Crippen LogP contribution in [0.4, 0.5) is 18.9 Å².